The summed E-state index contributed by atoms with van der Waals surface area (Å²) >= 11 is 10.8. The molecule has 0 saturated carbocycles. The van der Waals surface area contributed by atoms with Crippen LogP contribution in [0.3, 0.4) is 0 Å². The van der Waals surface area contributed by atoms with Gasteiger partial charge in [0.15, 0.2) is 5.11 Å². The van der Waals surface area contributed by atoms with Crippen LogP contribution < -0.4 is 5.73 Å². The van der Waals surface area contributed by atoms with Crippen molar-refractivity contribution in [2.45, 2.75) is 6.92 Å². The first-order valence-corrected chi connectivity index (χ1v) is 6.85. The summed E-state index contributed by atoms with van der Waals surface area (Å²) < 4.78 is 5.68. The number of hydrazone groups is 1. The van der Waals surface area contributed by atoms with Gasteiger partial charge >= 0.3 is 0 Å². The Morgan fingerprint density at radius 2 is 2.25 bits per heavy atom. The average Bonchev–Trinajstić information content (AvgIpc) is 2.88. The van der Waals surface area contributed by atoms with Gasteiger partial charge < -0.3 is 10.2 Å². The summed E-state index contributed by atoms with van der Waals surface area (Å²) in [6.07, 6.45) is 1.58. The number of thiocarbonyl (C=S) groups is 1. The molecule has 1 aromatic carbocycles. The number of halogens is 1. The zero-order valence-corrected chi connectivity index (χ0v) is 12.5. The molecule has 4 nitrogen and oxygen atoms in total. The normalized spacial score (nSPS) is 10.9. The largest absolute Gasteiger partial charge is 0.455 e. The summed E-state index contributed by atoms with van der Waals surface area (Å²) in [4.78, 5) is 0. The molecule has 0 saturated heterocycles. The van der Waals surface area contributed by atoms with E-state index in [0.717, 1.165) is 11.3 Å². The molecule has 104 valence electrons. The predicted octanol–water partition coefficient (Wildman–Crippen LogP) is 3.50. The van der Waals surface area contributed by atoms with Gasteiger partial charge in [-0.25, -0.2) is 5.01 Å². The molecule has 6 heteroatoms. The molecule has 0 unspecified atom stereocenters. The van der Waals surface area contributed by atoms with Crippen LogP contribution in [-0.2, 0) is 0 Å². The van der Waals surface area contributed by atoms with Crippen LogP contribution in [0.1, 0.15) is 12.7 Å². The van der Waals surface area contributed by atoms with Gasteiger partial charge in [-0.3, -0.25) is 0 Å². The molecule has 0 aliphatic carbocycles. The Balaban J connectivity index is 2.17. The highest BCUT2D eigenvalue weighted by atomic mass is 35.5. The molecule has 0 aliphatic heterocycles. The topological polar surface area (TPSA) is 54.8 Å². The van der Waals surface area contributed by atoms with Crippen molar-refractivity contribution in [1.82, 2.24) is 5.01 Å². The minimum Gasteiger partial charge on any atom is -0.455 e. The summed E-state index contributed by atoms with van der Waals surface area (Å²) in [6, 6.07) is 11.2. The van der Waals surface area contributed by atoms with Gasteiger partial charge in [0.05, 0.1) is 6.21 Å². The molecule has 0 radical (unpaired) electrons. The van der Waals surface area contributed by atoms with Gasteiger partial charge in [-0.2, -0.15) is 5.10 Å². The summed E-state index contributed by atoms with van der Waals surface area (Å²) in [5, 5.41) is 6.56. The molecule has 1 heterocycles. The van der Waals surface area contributed by atoms with E-state index >= 15 is 0 Å². The lowest BCUT2D eigenvalue weighted by atomic mass is 10.2. The van der Waals surface area contributed by atoms with Gasteiger partial charge in [0.25, 0.3) is 0 Å². The third kappa shape index (κ3) is 3.59. The lowest BCUT2D eigenvalue weighted by Crippen LogP contribution is -2.30. The first-order valence-electron chi connectivity index (χ1n) is 6.07. The molecule has 0 bridgehead atoms. The average molecular weight is 308 g/mol. The maximum Gasteiger partial charge on any atom is 0.186 e. The second kappa shape index (κ2) is 6.54. The van der Waals surface area contributed by atoms with Gasteiger partial charge in [0.2, 0.25) is 0 Å². The molecule has 0 fully saturated rings. The van der Waals surface area contributed by atoms with Gasteiger partial charge in [0.1, 0.15) is 11.5 Å². The minimum absolute atomic E-state index is 0.227. The number of benzene rings is 1. The fraction of sp³-hybridized carbons (Fsp3) is 0.143. The first-order chi connectivity index (χ1) is 9.60. The second-order valence-electron chi connectivity index (χ2n) is 4.01. The maximum atomic E-state index is 5.96. The maximum absolute atomic E-state index is 5.96. The molecule has 0 amide bonds. The highest BCUT2D eigenvalue weighted by Gasteiger charge is 2.05. The van der Waals surface area contributed by atoms with Gasteiger partial charge in [0, 0.05) is 17.1 Å². The Hall–Kier alpha value is -1.85. The van der Waals surface area contributed by atoms with Crippen LogP contribution in [0.2, 0.25) is 5.02 Å². The fourth-order valence-electron chi connectivity index (χ4n) is 1.64. The Labute approximate surface area is 127 Å². The Kier molecular flexibility index (Phi) is 4.76. The van der Waals surface area contributed by atoms with Gasteiger partial charge in [-0.15, -0.1) is 0 Å². The molecule has 0 spiro atoms. The summed E-state index contributed by atoms with van der Waals surface area (Å²) in [5.74, 6) is 1.35. The number of nitrogens with zero attached hydrogens (tertiary/aromatic N) is 2. The monoisotopic (exact) mass is 307 g/mol. The minimum atomic E-state index is 0.227. The summed E-state index contributed by atoms with van der Waals surface area (Å²) in [5.41, 5.74) is 6.44. The standard InChI is InChI=1S/C14H14ClN3OS/c1-2-18(14(16)20)17-9-12-6-7-13(19-12)10-4-3-5-11(15)8-10/h3-9H,2H2,1H3,(H2,16,20). The summed E-state index contributed by atoms with van der Waals surface area (Å²) in [6.45, 7) is 2.52. The molecule has 1 aromatic heterocycles. The van der Waals surface area contributed by atoms with Crippen molar-refractivity contribution in [2.75, 3.05) is 6.54 Å². The van der Waals surface area contributed by atoms with Crippen molar-refractivity contribution in [1.29, 1.82) is 0 Å². The second-order valence-corrected chi connectivity index (χ2v) is 4.87. The zero-order valence-electron chi connectivity index (χ0n) is 10.9. The molecular formula is C14H14ClN3OS. The number of nitrogens with two attached hydrogens (primary N) is 1. The van der Waals surface area contributed by atoms with E-state index in [2.05, 4.69) is 5.10 Å². The zero-order chi connectivity index (χ0) is 14.5. The molecule has 0 atom stereocenters. The smallest absolute Gasteiger partial charge is 0.186 e. The molecule has 2 N–H and O–H groups in total. The predicted molar refractivity (Wildman–Crippen MR) is 85.9 cm³/mol. The van der Waals surface area contributed by atoms with Gasteiger partial charge in [-0.05, 0) is 43.4 Å². The molecule has 2 aromatic rings. The first kappa shape index (κ1) is 14.6. The van der Waals surface area contributed by atoms with E-state index in [0.29, 0.717) is 17.3 Å². The van der Waals surface area contributed by atoms with E-state index in [4.69, 9.17) is 34.0 Å². The van der Waals surface area contributed by atoms with E-state index < -0.39 is 0 Å². The Morgan fingerprint density at radius 3 is 2.90 bits per heavy atom. The number of hydrogen-bond donors (Lipinski definition) is 1. The van der Waals surface area contributed by atoms with E-state index in [1.807, 2.05) is 43.3 Å². The summed E-state index contributed by atoms with van der Waals surface area (Å²) in [7, 11) is 0. The van der Waals surface area contributed by atoms with Crippen LogP contribution in [0.4, 0.5) is 0 Å². The molecular weight excluding hydrogens is 294 g/mol. The van der Waals surface area contributed by atoms with Crippen LogP contribution >= 0.6 is 23.8 Å². The van der Waals surface area contributed by atoms with E-state index in [1.165, 1.54) is 5.01 Å². The van der Waals surface area contributed by atoms with Crippen LogP contribution in [0.5, 0.6) is 0 Å². The van der Waals surface area contributed by atoms with Crippen LogP contribution in [-0.4, -0.2) is 22.9 Å². The highest BCUT2D eigenvalue weighted by molar-refractivity contribution is 7.80. The van der Waals surface area contributed by atoms with Crippen LogP contribution in [0, 0.1) is 0 Å². The molecule has 2 rings (SSSR count). The Morgan fingerprint density at radius 1 is 1.45 bits per heavy atom. The van der Waals surface area contributed by atoms with Crippen LogP contribution in [0.25, 0.3) is 11.3 Å². The SMILES string of the molecule is CCN(N=Cc1ccc(-c2cccc(Cl)c2)o1)C(N)=S. The van der Waals surface area contributed by atoms with Crippen molar-refractivity contribution < 1.29 is 4.42 Å². The number of hydrogen-bond acceptors (Lipinski definition) is 3. The number of rotatable bonds is 4. The van der Waals surface area contributed by atoms with Crippen molar-refractivity contribution in [2.24, 2.45) is 10.8 Å². The highest BCUT2D eigenvalue weighted by Crippen LogP contribution is 2.24. The van der Waals surface area contributed by atoms with Crippen molar-refractivity contribution >= 4 is 35.1 Å². The van der Waals surface area contributed by atoms with E-state index in [-0.39, 0.29) is 5.11 Å². The lowest BCUT2D eigenvalue weighted by molar-refractivity contribution is 0.474. The Bertz CT molecular complexity index is 639. The van der Waals surface area contributed by atoms with Crippen molar-refractivity contribution in [3.8, 4) is 11.3 Å². The quantitative estimate of drug-likeness (QED) is 0.533. The fourth-order valence-corrected chi connectivity index (χ4v) is 2.01. The van der Waals surface area contributed by atoms with Crippen molar-refractivity contribution in [3.63, 3.8) is 0 Å². The van der Waals surface area contributed by atoms with Crippen molar-refractivity contribution in [3.05, 3.63) is 47.2 Å². The van der Waals surface area contributed by atoms with E-state index in [9.17, 15) is 0 Å². The lowest BCUT2D eigenvalue weighted by Gasteiger charge is -2.12. The van der Waals surface area contributed by atoms with Gasteiger partial charge in [-0.1, -0.05) is 23.7 Å². The molecule has 0 aliphatic rings. The third-order valence-corrected chi connectivity index (χ3v) is 3.06. The number of furan rings is 1. The van der Waals surface area contributed by atoms with Crippen LogP contribution in [0.15, 0.2) is 45.9 Å². The van der Waals surface area contributed by atoms with E-state index in [1.54, 1.807) is 6.21 Å². The third-order valence-electron chi connectivity index (χ3n) is 2.61. The molecule has 20 heavy (non-hydrogen) atoms.